The first-order valence-corrected chi connectivity index (χ1v) is 11.5. The highest BCUT2D eigenvalue weighted by Gasteiger charge is 2.40. The van der Waals surface area contributed by atoms with Crippen molar-refractivity contribution >= 4 is 28.9 Å². The van der Waals surface area contributed by atoms with E-state index in [0.29, 0.717) is 30.4 Å². The average Bonchev–Trinajstić information content (AvgIpc) is 3.09. The maximum Gasteiger partial charge on any atom is 0.293 e. The Kier molecular flexibility index (Phi) is 5.61. The number of fused-ring (bicyclic) bond motifs is 1. The smallest absolute Gasteiger partial charge is 0.293 e. The molecule has 2 aliphatic rings. The Hall–Kier alpha value is -4.00. The second-order valence-electron chi connectivity index (χ2n) is 9.05. The molecule has 0 spiro atoms. The minimum Gasteiger partial charge on any atom is -0.366 e. The zero-order valence-electron chi connectivity index (χ0n) is 18.9. The van der Waals surface area contributed by atoms with Crippen LogP contribution in [-0.4, -0.2) is 29.8 Å². The van der Waals surface area contributed by atoms with Crippen molar-refractivity contribution in [2.24, 2.45) is 5.92 Å². The van der Waals surface area contributed by atoms with Gasteiger partial charge in [0.1, 0.15) is 5.69 Å². The van der Waals surface area contributed by atoms with Gasteiger partial charge < -0.3 is 4.90 Å². The lowest BCUT2D eigenvalue weighted by Crippen LogP contribution is -2.34. The number of imide groups is 1. The quantitative estimate of drug-likeness (QED) is 0.301. The highest BCUT2D eigenvalue weighted by Crippen LogP contribution is 2.39. The third-order valence-corrected chi connectivity index (χ3v) is 6.79. The highest BCUT2D eigenvalue weighted by molar-refractivity contribution is 6.35. The molecule has 2 aliphatic heterocycles. The first-order valence-electron chi connectivity index (χ1n) is 11.5. The number of aryl methyl sites for hydroxylation is 1. The Morgan fingerprint density at radius 2 is 1.53 bits per heavy atom. The monoisotopic (exact) mass is 455 g/mol. The molecule has 0 radical (unpaired) electrons. The Morgan fingerprint density at radius 3 is 2.15 bits per heavy atom. The summed E-state index contributed by atoms with van der Waals surface area (Å²) >= 11 is 0. The molecule has 0 aliphatic carbocycles. The van der Waals surface area contributed by atoms with Crippen LogP contribution in [0.2, 0.25) is 0 Å². The van der Waals surface area contributed by atoms with Gasteiger partial charge in [-0.05, 0) is 55.9 Å². The van der Waals surface area contributed by atoms with Crippen LogP contribution in [-0.2, 0) is 6.42 Å². The first kappa shape index (κ1) is 21.8. The number of nitro benzene ring substituents is 1. The number of nitrogens with zero attached hydrogens (tertiary/aromatic N) is 3. The van der Waals surface area contributed by atoms with Gasteiger partial charge in [0.05, 0.1) is 21.7 Å². The zero-order chi connectivity index (χ0) is 23.8. The molecule has 1 fully saturated rings. The molecule has 34 heavy (non-hydrogen) atoms. The van der Waals surface area contributed by atoms with Crippen LogP contribution in [0, 0.1) is 23.0 Å². The normalized spacial score (nSPS) is 16.1. The van der Waals surface area contributed by atoms with Crippen LogP contribution < -0.4 is 9.80 Å². The minimum absolute atomic E-state index is 0.0833. The van der Waals surface area contributed by atoms with Crippen molar-refractivity contribution in [1.29, 1.82) is 0 Å². The van der Waals surface area contributed by atoms with Crippen LogP contribution >= 0.6 is 0 Å². The number of rotatable bonds is 5. The molecule has 5 rings (SSSR count). The summed E-state index contributed by atoms with van der Waals surface area (Å²) in [6.45, 7) is 3.26. The van der Waals surface area contributed by atoms with E-state index < -0.39 is 16.7 Å². The molecule has 0 N–H and O–H groups in total. The molecule has 2 heterocycles. The molecule has 7 nitrogen and oxygen atoms in total. The Labute approximate surface area is 197 Å². The van der Waals surface area contributed by atoms with Crippen molar-refractivity contribution < 1.29 is 14.5 Å². The number of piperidine rings is 1. The summed E-state index contributed by atoms with van der Waals surface area (Å²) in [5, 5.41) is 11.9. The number of carbonyl (C=O) groups is 2. The van der Waals surface area contributed by atoms with E-state index in [2.05, 4.69) is 12.1 Å². The van der Waals surface area contributed by atoms with E-state index in [4.69, 9.17) is 0 Å². The van der Waals surface area contributed by atoms with Crippen LogP contribution in [0.25, 0.3) is 0 Å². The first-order chi connectivity index (χ1) is 16.4. The molecule has 3 aromatic rings. The fourth-order valence-electron chi connectivity index (χ4n) is 4.92. The molecule has 2 amide bonds. The van der Waals surface area contributed by atoms with Gasteiger partial charge in [-0.25, -0.2) is 4.90 Å². The SMILES string of the molecule is Cc1ccc(N2C(=O)c3cc(N4CCC(Cc5ccccc5)CC4)c([N+](=O)[O-])cc3C2=O)cc1. The summed E-state index contributed by atoms with van der Waals surface area (Å²) in [4.78, 5) is 40.8. The molecule has 1 saturated heterocycles. The summed E-state index contributed by atoms with van der Waals surface area (Å²) in [6.07, 6.45) is 2.80. The second-order valence-corrected chi connectivity index (χ2v) is 9.05. The molecule has 0 atom stereocenters. The summed E-state index contributed by atoms with van der Waals surface area (Å²) in [5.74, 6) is -0.466. The van der Waals surface area contributed by atoms with Gasteiger partial charge in [0, 0.05) is 19.2 Å². The molecule has 172 valence electrons. The van der Waals surface area contributed by atoms with E-state index in [9.17, 15) is 19.7 Å². The van der Waals surface area contributed by atoms with Crippen molar-refractivity contribution in [1.82, 2.24) is 0 Å². The molecule has 7 heteroatoms. The molecule has 0 saturated carbocycles. The molecule has 0 bridgehead atoms. The summed E-state index contributed by atoms with van der Waals surface area (Å²) < 4.78 is 0. The van der Waals surface area contributed by atoms with Crippen molar-refractivity contribution in [2.75, 3.05) is 22.9 Å². The number of benzene rings is 3. The third-order valence-electron chi connectivity index (χ3n) is 6.79. The van der Waals surface area contributed by atoms with Gasteiger partial charge in [0.2, 0.25) is 0 Å². The van der Waals surface area contributed by atoms with Gasteiger partial charge in [0.15, 0.2) is 0 Å². The van der Waals surface area contributed by atoms with Crippen molar-refractivity contribution in [2.45, 2.75) is 26.2 Å². The summed E-state index contributed by atoms with van der Waals surface area (Å²) in [7, 11) is 0. The third kappa shape index (κ3) is 3.94. The zero-order valence-corrected chi connectivity index (χ0v) is 18.9. The van der Waals surface area contributed by atoms with E-state index in [1.807, 2.05) is 42.2 Å². The maximum atomic E-state index is 13.2. The molecule has 3 aromatic carbocycles. The summed E-state index contributed by atoms with van der Waals surface area (Å²) in [5.41, 5.74) is 3.35. The van der Waals surface area contributed by atoms with Gasteiger partial charge in [-0.3, -0.25) is 19.7 Å². The lowest BCUT2D eigenvalue weighted by molar-refractivity contribution is -0.384. The molecule has 0 unspecified atom stereocenters. The maximum absolute atomic E-state index is 13.2. The van der Waals surface area contributed by atoms with Crippen LogP contribution in [0.5, 0.6) is 0 Å². The van der Waals surface area contributed by atoms with Gasteiger partial charge in [0.25, 0.3) is 17.5 Å². The van der Waals surface area contributed by atoms with Gasteiger partial charge >= 0.3 is 0 Å². The Morgan fingerprint density at radius 1 is 0.912 bits per heavy atom. The number of hydrogen-bond acceptors (Lipinski definition) is 5. The van der Waals surface area contributed by atoms with Crippen LogP contribution in [0.3, 0.4) is 0 Å². The Bertz CT molecular complexity index is 1260. The van der Waals surface area contributed by atoms with Crippen LogP contribution in [0.15, 0.2) is 66.7 Å². The fraction of sp³-hybridized carbons (Fsp3) is 0.259. The second kappa shape index (κ2) is 8.74. The van der Waals surface area contributed by atoms with Crippen LogP contribution in [0.4, 0.5) is 17.1 Å². The predicted molar refractivity (Wildman–Crippen MR) is 130 cm³/mol. The standard InChI is InChI=1S/C27H25N3O4/c1-18-7-9-21(10-8-18)29-26(31)22-16-24(25(30(33)34)17-23(22)27(29)32)28-13-11-20(12-14-28)15-19-5-3-2-4-6-19/h2-10,16-17,20H,11-15H2,1H3. The van der Waals surface area contributed by atoms with E-state index >= 15 is 0 Å². The number of carbonyl (C=O) groups excluding carboxylic acids is 2. The fourth-order valence-corrected chi connectivity index (χ4v) is 4.92. The van der Waals surface area contributed by atoms with Crippen LogP contribution in [0.1, 0.15) is 44.7 Å². The van der Waals surface area contributed by atoms with Gasteiger partial charge in [-0.2, -0.15) is 0 Å². The topological polar surface area (TPSA) is 83.8 Å². The van der Waals surface area contributed by atoms with Crippen molar-refractivity contribution in [3.05, 3.63) is 99.1 Å². The van der Waals surface area contributed by atoms with E-state index in [1.165, 1.54) is 11.6 Å². The summed E-state index contributed by atoms with van der Waals surface area (Å²) in [6, 6.07) is 20.2. The lowest BCUT2D eigenvalue weighted by atomic mass is 9.90. The lowest BCUT2D eigenvalue weighted by Gasteiger charge is -2.33. The van der Waals surface area contributed by atoms with E-state index in [1.54, 1.807) is 18.2 Å². The number of hydrogen-bond donors (Lipinski definition) is 0. The predicted octanol–water partition coefficient (Wildman–Crippen LogP) is 5.16. The Balaban J connectivity index is 1.41. The number of amides is 2. The average molecular weight is 456 g/mol. The van der Waals surface area contributed by atoms with E-state index in [-0.39, 0.29) is 16.8 Å². The van der Waals surface area contributed by atoms with Crippen molar-refractivity contribution in [3.63, 3.8) is 0 Å². The largest absolute Gasteiger partial charge is 0.366 e. The van der Waals surface area contributed by atoms with E-state index in [0.717, 1.165) is 29.7 Å². The highest BCUT2D eigenvalue weighted by atomic mass is 16.6. The minimum atomic E-state index is -0.528. The van der Waals surface area contributed by atoms with Gasteiger partial charge in [-0.1, -0.05) is 48.0 Å². The number of anilines is 2. The van der Waals surface area contributed by atoms with Crippen molar-refractivity contribution in [3.8, 4) is 0 Å². The van der Waals surface area contributed by atoms with Gasteiger partial charge in [-0.15, -0.1) is 0 Å². The molecular formula is C27H25N3O4. The molecular weight excluding hydrogens is 430 g/mol. The number of nitro groups is 1. The molecule has 0 aromatic heterocycles.